The SMILES string of the molecule is C[C@@H]1Oc2ccc(C(=O)C3CCN(c4cccc(C(=O)O)n4)CC3)cc2NC1=O. The van der Waals surface area contributed by atoms with Gasteiger partial charge in [0.05, 0.1) is 5.69 Å². The van der Waals surface area contributed by atoms with E-state index < -0.39 is 12.1 Å². The second-order valence-corrected chi connectivity index (χ2v) is 7.27. The largest absolute Gasteiger partial charge is 0.479 e. The molecule has 0 spiro atoms. The van der Waals surface area contributed by atoms with Gasteiger partial charge in [0.2, 0.25) is 0 Å². The summed E-state index contributed by atoms with van der Waals surface area (Å²) in [6.07, 6.45) is 0.741. The molecule has 1 amide bonds. The van der Waals surface area contributed by atoms with Gasteiger partial charge >= 0.3 is 5.97 Å². The van der Waals surface area contributed by atoms with E-state index in [-0.39, 0.29) is 23.3 Å². The Hall–Kier alpha value is -3.42. The van der Waals surface area contributed by atoms with Gasteiger partial charge < -0.3 is 20.1 Å². The molecule has 0 saturated carbocycles. The van der Waals surface area contributed by atoms with Crippen molar-refractivity contribution in [1.82, 2.24) is 4.98 Å². The number of piperidine rings is 1. The molecule has 1 aromatic carbocycles. The monoisotopic (exact) mass is 395 g/mol. The van der Waals surface area contributed by atoms with Crippen molar-refractivity contribution in [3.05, 3.63) is 47.7 Å². The minimum Gasteiger partial charge on any atom is -0.479 e. The molecule has 2 N–H and O–H groups in total. The maximum Gasteiger partial charge on any atom is 0.354 e. The van der Waals surface area contributed by atoms with Crippen LogP contribution in [0.3, 0.4) is 0 Å². The third kappa shape index (κ3) is 3.78. The number of nitrogens with zero attached hydrogens (tertiary/aromatic N) is 2. The van der Waals surface area contributed by atoms with E-state index in [0.29, 0.717) is 48.7 Å². The second-order valence-electron chi connectivity index (χ2n) is 7.27. The van der Waals surface area contributed by atoms with Crippen molar-refractivity contribution in [2.45, 2.75) is 25.9 Å². The normalized spacial score (nSPS) is 19.1. The molecule has 0 unspecified atom stereocenters. The first-order valence-corrected chi connectivity index (χ1v) is 9.53. The number of amides is 1. The summed E-state index contributed by atoms with van der Waals surface area (Å²) in [4.78, 5) is 42.0. The number of anilines is 2. The van der Waals surface area contributed by atoms with Gasteiger partial charge in [-0.2, -0.15) is 0 Å². The Morgan fingerprint density at radius 1 is 1.21 bits per heavy atom. The van der Waals surface area contributed by atoms with E-state index in [4.69, 9.17) is 9.84 Å². The molecule has 0 bridgehead atoms. The van der Waals surface area contributed by atoms with Crippen LogP contribution in [0.2, 0.25) is 0 Å². The van der Waals surface area contributed by atoms with Gasteiger partial charge in [0.1, 0.15) is 11.6 Å². The summed E-state index contributed by atoms with van der Waals surface area (Å²) in [5.41, 5.74) is 1.08. The molecule has 150 valence electrons. The first-order valence-electron chi connectivity index (χ1n) is 9.53. The van der Waals surface area contributed by atoms with Gasteiger partial charge in [-0.3, -0.25) is 9.59 Å². The molecular formula is C21H21N3O5. The van der Waals surface area contributed by atoms with Gasteiger partial charge in [0, 0.05) is 24.6 Å². The van der Waals surface area contributed by atoms with Crippen LogP contribution in [0.25, 0.3) is 0 Å². The van der Waals surface area contributed by atoms with E-state index in [1.807, 2.05) is 4.90 Å². The highest BCUT2D eigenvalue weighted by molar-refractivity contribution is 6.02. The number of ketones is 1. The number of aromatic nitrogens is 1. The van der Waals surface area contributed by atoms with Crippen LogP contribution in [0.1, 0.15) is 40.6 Å². The maximum atomic E-state index is 13.0. The Morgan fingerprint density at radius 3 is 2.69 bits per heavy atom. The number of aromatic carboxylic acids is 1. The summed E-state index contributed by atoms with van der Waals surface area (Å²) in [7, 11) is 0. The quantitative estimate of drug-likeness (QED) is 0.766. The van der Waals surface area contributed by atoms with Crippen LogP contribution in [-0.2, 0) is 4.79 Å². The average Bonchev–Trinajstić information content (AvgIpc) is 2.74. The van der Waals surface area contributed by atoms with Crippen molar-refractivity contribution in [1.29, 1.82) is 0 Å². The number of rotatable bonds is 4. The van der Waals surface area contributed by atoms with Crippen molar-refractivity contribution >= 4 is 29.2 Å². The number of hydrogen-bond donors (Lipinski definition) is 2. The Labute approximate surface area is 167 Å². The average molecular weight is 395 g/mol. The van der Waals surface area contributed by atoms with Crippen LogP contribution in [0, 0.1) is 5.92 Å². The van der Waals surface area contributed by atoms with Crippen molar-refractivity contribution < 1.29 is 24.2 Å². The molecule has 29 heavy (non-hydrogen) atoms. The van der Waals surface area contributed by atoms with E-state index in [1.165, 1.54) is 6.07 Å². The molecule has 2 aliphatic rings. The minimum atomic E-state index is -1.06. The molecule has 0 aliphatic carbocycles. The molecule has 1 atom stereocenters. The number of carbonyl (C=O) groups excluding carboxylic acids is 2. The fourth-order valence-electron chi connectivity index (χ4n) is 3.69. The van der Waals surface area contributed by atoms with Gasteiger partial charge in [-0.25, -0.2) is 9.78 Å². The summed E-state index contributed by atoms with van der Waals surface area (Å²) in [5, 5.41) is 11.9. The minimum absolute atomic E-state index is 0.00773. The van der Waals surface area contributed by atoms with Crippen molar-refractivity contribution in [2.24, 2.45) is 5.92 Å². The van der Waals surface area contributed by atoms with Crippen LogP contribution in [-0.4, -0.2) is 46.9 Å². The molecule has 0 radical (unpaired) electrons. The number of ether oxygens (including phenoxy) is 1. The standard InChI is InChI=1S/C21H21N3O5/c1-12-20(26)23-16-11-14(5-6-17(16)29-12)19(25)13-7-9-24(10-8-13)18-4-2-3-15(22-18)21(27)28/h2-6,11-13H,7-10H2,1H3,(H,23,26)(H,27,28)/t12-/m0/s1. The van der Waals surface area contributed by atoms with E-state index in [1.54, 1.807) is 37.3 Å². The van der Waals surface area contributed by atoms with Gasteiger partial charge in [0.25, 0.3) is 5.91 Å². The number of carboxylic acids is 1. The molecular weight excluding hydrogens is 374 g/mol. The lowest BCUT2D eigenvalue weighted by atomic mass is 9.88. The van der Waals surface area contributed by atoms with Gasteiger partial charge in [-0.15, -0.1) is 0 Å². The van der Waals surface area contributed by atoms with E-state index in [2.05, 4.69) is 10.3 Å². The summed E-state index contributed by atoms with van der Waals surface area (Å²) >= 11 is 0. The lowest BCUT2D eigenvalue weighted by Gasteiger charge is -2.32. The number of hydrogen-bond acceptors (Lipinski definition) is 6. The number of Topliss-reactive ketones (excluding diaryl/α,β-unsaturated/α-hetero) is 1. The third-order valence-electron chi connectivity index (χ3n) is 5.34. The lowest BCUT2D eigenvalue weighted by molar-refractivity contribution is -0.122. The molecule has 8 nitrogen and oxygen atoms in total. The van der Waals surface area contributed by atoms with Crippen LogP contribution >= 0.6 is 0 Å². The molecule has 1 aromatic heterocycles. The van der Waals surface area contributed by atoms with Crippen molar-refractivity contribution in [2.75, 3.05) is 23.3 Å². The zero-order chi connectivity index (χ0) is 20.5. The van der Waals surface area contributed by atoms with Gasteiger partial charge in [-0.05, 0) is 50.1 Å². The van der Waals surface area contributed by atoms with Crippen LogP contribution < -0.4 is 15.0 Å². The summed E-state index contributed by atoms with van der Waals surface area (Å²) < 4.78 is 5.54. The van der Waals surface area contributed by atoms with E-state index in [0.717, 1.165) is 0 Å². The first-order chi connectivity index (χ1) is 13.9. The smallest absolute Gasteiger partial charge is 0.354 e. The molecule has 8 heteroatoms. The summed E-state index contributed by atoms with van der Waals surface area (Å²) in [6, 6.07) is 10.0. The number of nitrogens with one attached hydrogen (secondary N) is 1. The van der Waals surface area contributed by atoms with E-state index >= 15 is 0 Å². The number of benzene rings is 1. The predicted molar refractivity (Wildman–Crippen MR) is 106 cm³/mol. The number of carboxylic acid groups (broad SMARTS) is 1. The second kappa shape index (κ2) is 7.54. The Kier molecular flexibility index (Phi) is 4.92. The number of carbonyl (C=O) groups is 3. The Bertz CT molecular complexity index is 982. The van der Waals surface area contributed by atoms with E-state index in [9.17, 15) is 14.4 Å². The molecule has 4 rings (SSSR count). The molecule has 2 aromatic rings. The molecule has 3 heterocycles. The highest BCUT2D eigenvalue weighted by atomic mass is 16.5. The molecule has 1 fully saturated rings. The van der Waals surface area contributed by atoms with Crippen LogP contribution in [0.4, 0.5) is 11.5 Å². The van der Waals surface area contributed by atoms with Gasteiger partial charge in [0.15, 0.2) is 17.6 Å². The third-order valence-corrected chi connectivity index (χ3v) is 5.34. The topological polar surface area (TPSA) is 109 Å². The highest BCUT2D eigenvalue weighted by Crippen LogP contribution is 2.32. The van der Waals surface area contributed by atoms with Gasteiger partial charge in [-0.1, -0.05) is 6.07 Å². The zero-order valence-corrected chi connectivity index (χ0v) is 15.9. The lowest BCUT2D eigenvalue weighted by Crippen LogP contribution is -2.37. The fraction of sp³-hybridized carbons (Fsp3) is 0.333. The first kappa shape index (κ1) is 18.9. The number of fused-ring (bicyclic) bond motifs is 1. The summed E-state index contributed by atoms with van der Waals surface area (Å²) in [5.74, 6) is -0.216. The Balaban J connectivity index is 1.43. The van der Waals surface area contributed by atoms with Crippen LogP contribution in [0.5, 0.6) is 5.75 Å². The molecule has 2 aliphatic heterocycles. The van der Waals surface area contributed by atoms with Crippen molar-refractivity contribution in [3.63, 3.8) is 0 Å². The fourth-order valence-corrected chi connectivity index (χ4v) is 3.69. The van der Waals surface area contributed by atoms with Crippen molar-refractivity contribution in [3.8, 4) is 5.75 Å². The summed E-state index contributed by atoms with van der Waals surface area (Å²) in [6.45, 7) is 2.91. The molecule has 1 saturated heterocycles. The zero-order valence-electron chi connectivity index (χ0n) is 15.9. The highest BCUT2D eigenvalue weighted by Gasteiger charge is 2.29. The predicted octanol–water partition coefficient (Wildman–Crippen LogP) is 2.60. The van der Waals surface area contributed by atoms with Crippen LogP contribution in [0.15, 0.2) is 36.4 Å². The Morgan fingerprint density at radius 2 is 1.97 bits per heavy atom. The number of pyridine rings is 1. The maximum absolute atomic E-state index is 13.0.